The van der Waals surface area contributed by atoms with Gasteiger partial charge in [0.1, 0.15) is 0 Å². The van der Waals surface area contributed by atoms with Crippen LogP contribution in [0.2, 0.25) is 0 Å². The third kappa shape index (κ3) is 15.0. The van der Waals surface area contributed by atoms with Crippen LogP contribution in [-0.2, 0) is 0 Å². The summed E-state index contributed by atoms with van der Waals surface area (Å²) < 4.78 is 0. The van der Waals surface area contributed by atoms with E-state index in [1.54, 1.807) is 6.16 Å². The Morgan fingerprint density at radius 1 is 0.882 bits per heavy atom. The average Bonchev–Trinajstić information content (AvgIpc) is 2.34. The van der Waals surface area contributed by atoms with Crippen LogP contribution < -0.4 is 11.5 Å². The maximum absolute atomic E-state index is 7.10. The molecule has 0 unspecified atom stereocenters. The largest absolute Gasteiger partial charge is 0.337 e. The standard InChI is InChI=1S/C10H25P.2CH2N2/c1-5-9-10-11(6-2,7-3)8-4;2*2-1-3/h11H,5-10H2,1-4H3;2*2H2. The van der Waals surface area contributed by atoms with Crippen molar-refractivity contribution < 1.29 is 0 Å². The van der Waals surface area contributed by atoms with Crippen LogP contribution >= 0.6 is 7.26 Å². The third-order valence-electron chi connectivity index (χ3n) is 3.31. The van der Waals surface area contributed by atoms with Crippen molar-refractivity contribution in [3.8, 4) is 12.4 Å². The summed E-state index contributed by atoms with van der Waals surface area (Å²) in [5, 5.41) is 14.2. The van der Waals surface area contributed by atoms with Crippen LogP contribution in [0.4, 0.5) is 0 Å². The zero-order chi connectivity index (χ0) is 14.2. The van der Waals surface area contributed by atoms with E-state index in [4.69, 9.17) is 10.5 Å². The summed E-state index contributed by atoms with van der Waals surface area (Å²) >= 11 is 0. The molecule has 4 N–H and O–H groups in total. The quantitative estimate of drug-likeness (QED) is 0.435. The Kier molecular flexibility index (Phi) is 21.8. The molecular formula is C12H29N4P. The molecule has 0 rings (SSSR count). The van der Waals surface area contributed by atoms with Gasteiger partial charge in [-0.15, -0.1) is 0 Å². The van der Waals surface area contributed by atoms with E-state index < -0.39 is 7.26 Å². The van der Waals surface area contributed by atoms with Crippen molar-refractivity contribution in [1.29, 1.82) is 10.5 Å². The minimum Gasteiger partial charge on any atom is -0.337 e. The minimum absolute atomic E-state index is 0.738. The van der Waals surface area contributed by atoms with Gasteiger partial charge in [0.25, 0.3) is 0 Å². The maximum atomic E-state index is 7.10. The molecule has 0 aromatic rings. The predicted octanol–water partition coefficient (Wildman–Crippen LogP) is 2.45. The van der Waals surface area contributed by atoms with Crippen LogP contribution in [0.3, 0.4) is 0 Å². The van der Waals surface area contributed by atoms with E-state index in [9.17, 15) is 0 Å². The van der Waals surface area contributed by atoms with E-state index in [0.717, 1.165) is 0 Å². The van der Waals surface area contributed by atoms with Crippen LogP contribution in [0.1, 0.15) is 40.5 Å². The van der Waals surface area contributed by atoms with Gasteiger partial charge in [0.2, 0.25) is 0 Å². The Bertz CT molecular complexity index is 193. The van der Waals surface area contributed by atoms with Gasteiger partial charge in [-0.1, -0.05) is 0 Å². The zero-order valence-corrected chi connectivity index (χ0v) is 12.8. The fourth-order valence-corrected chi connectivity index (χ4v) is 5.50. The van der Waals surface area contributed by atoms with Gasteiger partial charge in [-0.25, -0.2) is 0 Å². The van der Waals surface area contributed by atoms with Crippen molar-refractivity contribution in [2.24, 2.45) is 11.5 Å². The Balaban J connectivity index is -0.000000273. The molecule has 0 saturated heterocycles. The molecular weight excluding hydrogens is 231 g/mol. The number of unbranched alkanes of at least 4 members (excludes halogenated alkanes) is 1. The molecule has 0 atom stereocenters. The summed E-state index contributed by atoms with van der Waals surface area (Å²) in [4.78, 5) is 0. The number of nitriles is 2. The van der Waals surface area contributed by atoms with Crippen LogP contribution in [0.25, 0.3) is 0 Å². The van der Waals surface area contributed by atoms with Gasteiger partial charge in [0.15, 0.2) is 12.4 Å². The Labute approximate surface area is 107 Å². The van der Waals surface area contributed by atoms with Crippen molar-refractivity contribution in [3.05, 3.63) is 0 Å². The summed E-state index contributed by atoms with van der Waals surface area (Å²) in [6, 6.07) is 0. The van der Waals surface area contributed by atoms with E-state index in [-0.39, 0.29) is 0 Å². The van der Waals surface area contributed by atoms with Crippen LogP contribution in [0, 0.1) is 22.9 Å². The third-order valence-corrected chi connectivity index (χ3v) is 9.22. The van der Waals surface area contributed by atoms with E-state index >= 15 is 0 Å². The summed E-state index contributed by atoms with van der Waals surface area (Å²) in [7, 11) is -0.738. The molecule has 102 valence electrons. The molecule has 0 aromatic carbocycles. The summed E-state index contributed by atoms with van der Waals surface area (Å²) in [5.74, 6) is 0. The summed E-state index contributed by atoms with van der Waals surface area (Å²) in [5.41, 5.74) is 8.31. The topological polar surface area (TPSA) is 99.6 Å². The summed E-state index contributed by atoms with van der Waals surface area (Å²) in [6.45, 7) is 9.50. The van der Waals surface area contributed by atoms with Gasteiger partial charge in [-0.2, -0.15) is 10.5 Å². The summed E-state index contributed by atoms with van der Waals surface area (Å²) in [6.07, 6.45) is 11.4. The Hall–Kier alpha value is -0.990. The normalized spacial score (nSPS) is 9.53. The van der Waals surface area contributed by atoms with Crippen molar-refractivity contribution in [3.63, 3.8) is 0 Å². The zero-order valence-electron chi connectivity index (χ0n) is 11.8. The molecule has 0 aromatic heterocycles. The number of rotatable bonds is 6. The van der Waals surface area contributed by atoms with Crippen LogP contribution in [0.5, 0.6) is 0 Å². The number of nitrogens with two attached hydrogens (primary N) is 2. The fourth-order valence-electron chi connectivity index (χ4n) is 1.83. The number of hydrogen-bond acceptors (Lipinski definition) is 4. The molecule has 0 fully saturated rings. The van der Waals surface area contributed by atoms with Crippen molar-refractivity contribution in [1.82, 2.24) is 0 Å². The molecule has 0 amide bonds. The first-order chi connectivity index (χ1) is 8.07. The van der Waals surface area contributed by atoms with E-state index in [0.29, 0.717) is 0 Å². The predicted molar refractivity (Wildman–Crippen MR) is 79.3 cm³/mol. The fraction of sp³-hybridized carbons (Fsp3) is 0.833. The molecule has 0 aliphatic carbocycles. The van der Waals surface area contributed by atoms with Crippen LogP contribution in [-0.4, -0.2) is 24.6 Å². The van der Waals surface area contributed by atoms with Gasteiger partial charge >= 0.3 is 72.4 Å². The molecule has 0 saturated carbocycles. The van der Waals surface area contributed by atoms with Gasteiger partial charge in [-0.3, -0.25) is 0 Å². The molecule has 0 aliphatic rings. The van der Waals surface area contributed by atoms with Gasteiger partial charge in [-0.05, 0) is 0 Å². The molecule has 4 nitrogen and oxygen atoms in total. The average molecular weight is 260 g/mol. The maximum Gasteiger partial charge on any atom is 0.173 e. The van der Waals surface area contributed by atoms with Gasteiger partial charge in [0, 0.05) is 0 Å². The first-order valence-electron chi connectivity index (χ1n) is 6.27. The molecule has 0 spiro atoms. The van der Waals surface area contributed by atoms with E-state index in [1.807, 2.05) is 0 Å². The first-order valence-corrected chi connectivity index (χ1v) is 9.10. The number of nitrogens with zero attached hydrogens (tertiary/aromatic N) is 2. The molecule has 0 heterocycles. The van der Waals surface area contributed by atoms with E-state index in [1.165, 1.54) is 43.7 Å². The van der Waals surface area contributed by atoms with Crippen LogP contribution in [0.15, 0.2) is 0 Å². The molecule has 17 heavy (non-hydrogen) atoms. The number of hydrogen-bond donors (Lipinski definition) is 2. The Morgan fingerprint density at radius 2 is 1.18 bits per heavy atom. The first kappa shape index (κ1) is 21.3. The molecule has 0 bridgehead atoms. The SMILES string of the molecule is CCCC[PH](CC)(CC)CC.N#CN.N#CN. The smallest absolute Gasteiger partial charge is 0.173 e. The van der Waals surface area contributed by atoms with Crippen molar-refractivity contribution in [2.75, 3.05) is 24.6 Å². The monoisotopic (exact) mass is 260 g/mol. The van der Waals surface area contributed by atoms with Crippen molar-refractivity contribution >= 4 is 7.26 Å². The van der Waals surface area contributed by atoms with E-state index in [2.05, 4.69) is 39.2 Å². The minimum atomic E-state index is -0.738. The molecule has 0 aliphatic heterocycles. The second-order valence-corrected chi connectivity index (χ2v) is 9.54. The molecule has 5 heteroatoms. The van der Waals surface area contributed by atoms with Crippen molar-refractivity contribution in [2.45, 2.75) is 40.5 Å². The second kappa shape index (κ2) is 17.4. The van der Waals surface area contributed by atoms with Gasteiger partial charge < -0.3 is 11.5 Å². The second-order valence-electron chi connectivity index (χ2n) is 3.92. The molecule has 0 radical (unpaired) electrons. The van der Waals surface area contributed by atoms with Gasteiger partial charge in [0.05, 0.1) is 0 Å². The Morgan fingerprint density at radius 3 is 1.35 bits per heavy atom.